The Kier molecular flexibility index (Phi) is 5.41. The lowest BCUT2D eigenvalue weighted by atomic mass is 9.99. The number of aliphatic carboxylic acids is 1. The van der Waals surface area contributed by atoms with E-state index in [9.17, 15) is 20.1 Å². The summed E-state index contributed by atoms with van der Waals surface area (Å²) in [6.45, 7) is -1.51. The van der Waals surface area contributed by atoms with E-state index in [0.29, 0.717) is 0 Å². The Morgan fingerprint density at radius 3 is 2.22 bits per heavy atom. The lowest BCUT2D eigenvalue weighted by Gasteiger charge is -2.40. The summed E-state index contributed by atoms with van der Waals surface area (Å²) in [6, 6.07) is 0. The van der Waals surface area contributed by atoms with Crippen molar-refractivity contribution < 1.29 is 44.9 Å². The number of carbonyl (C=O) groups is 1. The maximum atomic E-state index is 10.6. The minimum absolute atomic E-state index is 0.651. The van der Waals surface area contributed by atoms with E-state index in [0.717, 1.165) is 0 Å². The van der Waals surface area contributed by atoms with Gasteiger partial charge in [-0.15, -0.1) is 0 Å². The summed E-state index contributed by atoms with van der Waals surface area (Å²) in [5.74, 6) is -1.48. The second-order valence-corrected chi connectivity index (χ2v) is 3.84. The van der Waals surface area contributed by atoms with E-state index in [1.807, 2.05) is 0 Å². The molecule has 9 nitrogen and oxygen atoms in total. The van der Waals surface area contributed by atoms with Crippen LogP contribution in [0.25, 0.3) is 0 Å². The van der Waals surface area contributed by atoms with Crippen molar-refractivity contribution in [2.45, 2.75) is 36.8 Å². The normalized spacial score (nSPS) is 38.4. The fourth-order valence-electron chi connectivity index (χ4n) is 1.52. The Morgan fingerprint density at radius 1 is 1.17 bits per heavy atom. The van der Waals surface area contributed by atoms with Crippen LogP contribution in [0.15, 0.2) is 0 Å². The van der Waals surface area contributed by atoms with E-state index in [1.165, 1.54) is 0 Å². The maximum absolute atomic E-state index is 10.6. The Labute approximate surface area is 102 Å². The molecule has 6 atom stereocenters. The molecule has 9 heteroatoms. The lowest BCUT2D eigenvalue weighted by molar-refractivity contribution is -0.311. The van der Waals surface area contributed by atoms with Gasteiger partial charge in [0.05, 0.1) is 13.2 Å². The van der Waals surface area contributed by atoms with E-state index in [-0.39, 0.29) is 0 Å². The standard InChI is InChI=1S/C9H16O9/c10-1-3-5(12)6(13)7(14)9(17-3)18-4(2-11)8(15)16/h3-7,9-14H,1-2H2,(H,15,16)/t3-,4-,5-,6+,7-,9+/m0/s1. The molecule has 1 rings (SSSR count). The molecule has 1 fully saturated rings. The molecule has 0 radical (unpaired) electrons. The summed E-state index contributed by atoms with van der Waals surface area (Å²) >= 11 is 0. The topological polar surface area (TPSA) is 157 Å². The van der Waals surface area contributed by atoms with Crippen molar-refractivity contribution >= 4 is 5.97 Å². The Balaban J connectivity index is 2.72. The van der Waals surface area contributed by atoms with Gasteiger partial charge in [-0.1, -0.05) is 0 Å². The first-order chi connectivity index (χ1) is 8.42. The van der Waals surface area contributed by atoms with Crippen LogP contribution in [0.3, 0.4) is 0 Å². The molecule has 1 saturated heterocycles. The van der Waals surface area contributed by atoms with Crippen molar-refractivity contribution in [1.82, 2.24) is 0 Å². The summed E-state index contributed by atoms with van der Waals surface area (Å²) in [7, 11) is 0. The highest BCUT2D eigenvalue weighted by Gasteiger charge is 2.45. The summed E-state index contributed by atoms with van der Waals surface area (Å²) < 4.78 is 9.67. The zero-order valence-corrected chi connectivity index (χ0v) is 9.29. The molecule has 0 amide bonds. The third-order valence-corrected chi connectivity index (χ3v) is 2.59. The summed E-state index contributed by atoms with van der Waals surface area (Å²) in [4.78, 5) is 10.6. The zero-order chi connectivity index (χ0) is 13.9. The van der Waals surface area contributed by atoms with Crippen LogP contribution < -0.4 is 0 Å². The second-order valence-electron chi connectivity index (χ2n) is 3.84. The van der Waals surface area contributed by atoms with Gasteiger partial charge in [0.2, 0.25) is 0 Å². The van der Waals surface area contributed by atoms with Gasteiger partial charge in [0, 0.05) is 0 Å². The van der Waals surface area contributed by atoms with Crippen molar-refractivity contribution in [3.05, 3.63) is 0 Å². The highest BCUT2D eigenvalue weighted by atomic mass is 16.7. The van der Waals surface area contributed by atoms with Gasteiger partial charge >= 0.3 is 5.97 Å². The smallest absolute Gasteiger partial charge is 0.335 e. The molecule has 18 heavy (non-hydrogen) atoms. The molecule has 106 valence electrons. The number of carboxylic acids is 1. The van der Waals surface area contributed by atoms with Crippen LogP contribution in [0.2, 0.25) is 0 Å². The van der Waals surface area contributed by atoms with Crippen LogP contribution in [-0.2, 0) is 14.3 Å². The molecule has 1 aliphatic rings. The minimum atomic E-state index is -1.70. The molecule has 1 aliphatic heterocycles. The van der Waals surface area contributed by atoms with E-state index in [2.05, 4.69) is 0 Å². The number of hydrogen-bond acceptors (Lipinski definition) is 8. The molecule has 6 N–H and O–H groups in total. The first-order valence-electron chi connectivity index (χ1n) is 5.22. The van der Waals surface area contributed by atoms with E-state index in [1.54, 1.807) is 0 Å². The van der Waals surface area contributed by atoms with Gasteiger partial charge in [0.25, 0.3) is 0 Å². The molecule has 0 aromatic carbocycles. The Morgan fingerprint density at radius 2 is 1.78 bits per heavy atom. The number of ether oxygens (including phenoxy) is 2. The van der Waals surface area contributed by atoms with Crippen molar-refractivity contribution in [3.8, 4) is 0 Å². The molecule has 0 aliphatic carbocycles. The van der Waals surface area contributed by atoms with Crippen molar-refractivity contribution in [2.75, 3.05) is 13.2 Å². The first kappa shape index (κ1) is 15.2. The van der Waals surface area contributed by atoms with Crippen molar-refractivity contribution in [3.63, 3.8) is 0 Å². The van der Waals surface area contributed by atoms with Gasteiger partial charge in [-0.3, -0.25) is 0 Å². The average molecular weight is 268 g/mol. The van der Waals surface area contributed by atoms with Crippen LogP contribution >= 0.6 is 0 Å². The molecule has 0 bridgehead atoms. The predicted octanol–water partition coefficient (Wildman–Crippen LogP) is -3.75. The van der Waals surface area contributed by atoms with Crippen molar-refractivity contribution in [2.24, 2.45) is 0 Å². The highest BCUT2D eigenvalue weighted by molar-refractivity contribution is 5.72. The Bertz CT molecular complexity index is 281. The molecular formula is C9H16O9. The van der Waals surface area contributed by atoms with Gasteiger partial charge in [0.1, 0.15) is 24.4 Å². The van der Waals surface area contributed by atoms with Crippen LogP contribution in [0.1, 0.15) is 0 Å². The van der Waals surface area contributed by atoms with E-state index < -0.39 is 56.0 Å². The molecule has 0 unspecified atom stereocenters. The van der Waals surface area contributed by atoms with Crippen LogP contribution in [0, 0.1) is 0 Å². The number of rotatable bonds is 5. The maximum Gasteiger partial charge on any atom is 0.335 e. The fourth-order valence-corrected chi connectivity index (χ4v) is 1.52. The van der Waals surface area contributed by atoms with E-state index in [4.69, 9.17) is 24.8 Å². The van der Waals surface area contributed by atoms with Crippen LogP contribution in [0.5, 0.6) is 0 Å². The Hall–Kier alpha value is -0.810. The molecule has 0 aromatic heterocycles. The molecule has 0 spiro atoms. The lowest BCUT2D eigenvalue weighted by Crippen LogP contribution is -2.60. The number of aliphatic hydroxyl groups excluding tert-OH is 5. The number of carboxylic acid groups (broad SMARTS) is 1. The van der Waals surface area contributed by atoms with Gasteiger partial charge < -0.3 is 40.1 Å². The van der Waals surface area contributed by atoms with Gasteiger partial charge in [-0.05, 0) is 0 Å². The first-order valence-corrected chi connectivity index (χ1v) is 5.22. The summed E-state index contributed by atoms with van der Waals surface area (Å²) in [5, 5.41) is 54.7. The van der Waals surface area contributed by atoms with Gasteiger partial charge in [-0.2, -0.15) is 0 Å². The number of aliphatic hydroxyl groups is 5. The summed E-state index contributed by atoms with van der Waals surface area (Å²) in [6.07, 6.45) is -9.32. The predicted molar refractivity (Wildman–Crippen MR) is 53.4 cm³/mol. The van der Waals surface area contributed by atoms with Crippen molar-refractivity contribution in [1.29, 1.82) is 0 Å². The van der Waals surface area contributed by atoms with Gasteiger partial charge in [-0.25, -0.2) is 4.79 Å². The minimum Gasteiger partial charge on any atom is -0.479 e. The molecule has 0 aromatic rings. The average Bonchev–Trinajstić information content (AvgIpc) is 2.35. The van der Waals surface area contributed by atoms with E-state index >= 15 is 0 Å². The van der Waals surface area contributed by atoms with Gasteiger partial charge in [0.15, 0.2) is 12.4 Å². The zero-order valence-electron chi connectivity index (χ0n) is 9.29. The van der Waals surface area contributed by atoms with Crippen LogP contribution in [-0.4, -0.2) is 86.6 Å². The third kappa shape index (κ3) is 3.14. The number of hydrogen-bond donors (Lipinski definition) is 6. The molecule has 0 saturated carbocycles. The molecule has 1 heterocycles. The second kappa shape index (κ2) is 6.38. The monoisotopic (exact) mass is 268 g/mol. The largest absolute Gasteiger partial charge is 0.479 e. The summed E-state index contributed by atoms with van der Waals surface area (Å²) in [5.41, 5.74) is 0. The quantitative estimate of drug-likeness (QED) is 0.294. The fraction of sp³-hybridized carbons (Fsp3) is 0.889. The highest BCUT2D eigenvalue weighted by Crippen LogP contribution is 2.22. The van der Waals surface area contributed by atoms with Crippen LogP contribution in [0.4, 0.5) is 0 Å². The SMILES string of the molecule is O=C(O)[C@H](CO)O[C@H]1O[C@@H](CO)[C@H](O)[C@@H](O)[C@@H]1O. The third-order valence-electron chi connectivity index (χ3n) is 2.59. The molecular weight excluding hydrogens is 252 g/mol.